The van der Waals surface area contributed by atoms with Crippen LogP contribution < -0.4 is 5.56 Å². The number of nitrogens with zero attached hydrogens (tertiary/aromatic N) is 1. The third-order valence-electron chi connectivity index (χ3n) is 2.11. The van der Waals surface area contributed by atoms with E-state index < -0.39 is 5.56 Å². The molecule has 0 spiro atoms. The number of rotatable bonds is 2. The van der Waals surface area contributed by atoms with E-state index in [0.717, 1.165) is 5.56 Å². The summed E-state index contributed by atoms with van der Waals surface area (Å²) in [5.41, 5.74) is 1.15. The fourth-order valence-corrected chi connectivity index (χ4v) is 1.55. The van der Waals surface area contributed by atoms with E-state index in [2.05, 4.69) is 10.2 Å². The topological polar surface area (TPSA) is 66.0 Å². The fraction of sp³-hybridized carbons (Fsp3) is 0.0909. The third kappa shape index (κ3) is 2.41. The minimum absolute atomic E-state index is 0.116. The zero-order valence-electron chi connectivity index (χ0n) is 8.27. The van der Waals surface area contributed by atoms with E-state index >= 15 is 0 Å². The largest absolute Gasteiger partial charge is 0.508 e. The Bertz CT molecular complexity index is 566. The van der Waals surface area contributed by atoms with Gasteiger partial charge < -0.3 is 5.11 Å². The summed E-state index contributed by atoms with van der Waals surface area (Å²) >= 11 is 5.68. The van der Waals surface area contributed by atoms with Crippen molar-refractivity contribution >= 4 is 11.6 Å². The van der Waals surface area contributed by atoms with Crippen molar-refractivity contribution in [2.75, 3.05) is 0 Å². The van der Waals surface area contributed by atoms with Gasteiger partial charge in [-0.2, -0.15) is 5.10 Å². The van der Waals surface area contributed by atoms with Crippen LogP contribution in [0.2, 0.25) is 5.02 Å². The molecule has 0 saturated carbocycles. The Balaban J connectivity index is 2.27. The minimum Gasteiger partial charge on any atom is -0.508 e. The number of phenolic OH excluding ortho intramolecular Hbond substituents is 1. The van der Waals surface area contributed by atoms with Crippen LogP contribution in [-0.2, 0) is 6.42 Å². The molecule has 0 fully saturated rings. The number of aromatic hydroxyl groups is 1. The highest BCUT2D eigenvalue weighted by atomic mass is 35.5. The quantitative estimate of drug-likeness (QED) is 0.834. The van der Waals surface area contributed by atoms with Gasteiger partial charge in [-0.05, 0) is 23.8 Å². The summed E-state index contributed by atoms with van der Waals surface area (Å²) in [6.45, 7) is 0. The van der Waals surface area contributed by atoms with Crippen molar-refractivity contribution in [1.29, 1.82) is 0 Å². The highest BCUT2D eigenvalue weighted by molar-refractivity contribution is 6.30. The monoisotopic (exact) mass is 236 g/mol. The Morgan fingerprint density at radius 3 is 2.88 bits per heavy atom. The van der Waals surface area contributed by atoms with Crippen molar-refractivity contribution in [2.24, 2.45) is 0 Å². The van der Waals surface area contributed by atoms with Crippen LogP contribution in [0.15, 0.2) is 35.1 Å². The van der Waals surface area contributed by atoms with Gasteiger partial charge in [0.15, 0.2) is 0 Å². The third-order valence-corrected chi connectivity index (χ3v) is 2.39. The second-order valence-electron chi connectivity index (χ2n) is 3.38. The minimum atomic E-state index is -0.402. The first-order chi connectivity index (χ1) is 7.65. The molecule has 2 aromatic rings. The van der Waals surface area contributed by atoms with Gasteiger partial charge in [0.05, 0.1) is 5.69 Å². The molecule has 0 aliphatic carbocycles. The molecule has 0 amide bonds. The molecular formula is C11H9ClN2O2. The Morgan fingerprint density at radius 1 is 1.38 bits per heavy atom. The van der Waals surface area contributed by atoms with Gasteiger partial charge in [0, 0.05) is 6.42 Å². The first-order valence-electron chi connectivity index (χ1n) is 4.67. The van der Waals surface area contributed by atoms with Gasteiger partial charge in [-0.15, -0.1) is 0 Å². The van der Waals surface area contributed by atoms with E-state index in [4.69, 9.17) is 11.6 Å². The van der Waals surface area contributed by atoms with Crippen molar-refractivity contribution in [3.63, 3.8) is 0 Å². The number of H-pyrrole nitrogens is 1. The molecule has 2 rings (SSSR count). The van der Waals surface area contributed by atoms with E-state index in [1.807, 2.05) is 6.07 Å². The van der Waals surface area contributed by atoms with Crippen LogP contribution in [0.25, 0.3) is 0 Å². The van der Waals surface area contributed by atoms with Crippen LogP contribution in [0.5, 0.6) is 5.75 Å². The molecule has 2 N–H and O–H groups in total. The molecule has 5 heteroatoms. The molecule has 0 atom stereocenters. The van der Waals surface area contributed by atoms with Gasteiger partial charge >= 0.3 is 0 Å². The zero-order valence-corrected chi connectivity index (χ0v) is 9.03. The SMILES string of the molecule is O=c1[nH]nc(Cc2cccc(O)c2)cc1Cl. The van der Waals surface area contributed by atoms with E-state index in [-0.39, 0.29) is 10.8 Å². The molecule has 0 radical (unpaired) electrons. The van der Waals surface area contributed by atoms with Crippen molar-refractivity contribution in [2.45, 2.75) is 6.42 Å². The normalized spacial score (nSPS) is 10.3. The lowest BCUT2D eigenvalue weighted by Crippen LogP contribution is -2.10. The number of phenols is 1. The predicted octanol–water partition coefficient (Wildman–Crippen LogP) is 1.72. The highest BCUT2D eigenvalue weighted by Crippen LogP contribution is 2.14. The summed E-state index contributed by atoms with van der Waals surface area (Å²) in [4.78, 5) is 11.0. The van der Waals surface area contributed by atoms with Crippen LogP contribution in [0.3, 0.4) is 0 Å². The Hall–Kier alpha value is -1.81. The summed E-state index contributed by atoms with van der Waals surface area (Å²) in [5.74, 6) is 0.202. The predicted molar refractivity (Wildman–Crippen MR) is 60.8 cm³/mol. The number of halogens is 1. The summed E-state index contributed by atoms with van der Waals surface area (Å²) in [5, 5.41) is 15.6. The van der Waals surface area contributed by atoms with Crippen molar-refractivity contribution in [3.05, 3.63) is 57.0 Å². The molecule has 1 aromatic carbocycles. The summed E-state index contributed by atoms with van der Waals surface area (Å²) in [7, 11) is 0. The molecule has 1 heterocycles. The lowest BCUT2D eigenvalue weighted by molar-refractivity contribution is 0.474. The molecule has 0 aliphatic heterocycles. The van der Waals surface area contributed by atoms with Crippen LogP contribution in [0, 0.1) is 0 Å². The average Bonchev–Trinajstić information content (AvgIpc) is 2.24. The molecule has 0 saturated heterocycles. The summed E-state index contributed by atoms with van der Waals surface area (Å²) in [6, 6.07) is 8.36. The van der Waals surface area contributed by atoms with Crippen LogP contribution in [0.4, 0.5) is 0 Å². The maximum Gasteiger partial charge on any atom is 0.282 e. The van der Waals surface area contributed by atoms with Gasteiger partial charge in [-0.25, -0.2) is 5.10 Å². The van der Waals surface area contributed by atoms with E-state index in [0.29, 0.717) is 12.1 Å². The first kappa shape index (κ1) is 10.7. The molecule has 4 nitrogen and oxygen atoms in total. The molecule has 0 unspecified atom stereocenters. The number of hydrogen-bond donors (Lipinski definition) is 2. The van der Waals surface area contributed by atoms with Gasteiger partial charge in [0.2, 0.25) is 0 Å². The van der Waals surface area contributed by atoms with Gasteiger partial charge in [-0.1, -0.05) is 23.7 Å². The van der Waals surface area contributed by atoms with E-state index in [1.165, 1.54) is 6.07 Å². The summed E-state index contributed by atoms with van der Waals surface area (Å²) in [6.07, 6.45) is 0.505. The van der Waals surface area contributed by atoms with Crippen molar-refractivity contribution in [3.8, 4) is 5.75 Å². The number of hydrogen-bond acceptors (Lipinski definition) is 3. The Labute approximate surface area is 96.5 Å². The maximum absolute atomic E-state index is 11.0. The van der Waals surface area contributed by atoms with Crippen LogP contribution in [0.1, 0.15) is 11.3 Å². The summed E-state index contributed by atoms with van der Waals surface area (Å²) < 4.78 is 0. The van der Waals surface area contributed by atoms with Crippen LogP contribution >= 0.6 is 11.6 Å². The zero-order chi connectivity index (χ0) is 11.5. The van der Waals surface area contributed by atoms with Gasteiger partial charge in [-0.3, -0.25) is 4.79 Å². The van der Waals surface area contributed by atoms with E-state index in [9.17, 15) is 9.90 Å². The van der Waals surface area contributed by atoms with E-state index in [1.54, 1.807) is 18.2 Å². The molecule has 82 valence electrons. The Kier molecular flexibility index (Phi) is 2.92. The number of nitrogens with one attached hydrogen (secondary N) is 1. The molecule has 16 heavy (non-hydrogen) atoms. The van der Waals surface area contributed by atoms with Gasteiger partial charge in [0.1, 0.15) is 10.8 Å². The van der Waals surface area contributed by atoms with Crippen molar-refractivity contribution in [1.82, 2.24) is 10.2 Å². The smallest absolute Gasteiger partial charge is 0.282 e. The number of benzene rings is 1. The average molecular weight is 237 g/mol. The molecule has 0 bridgehead atoms. The van der Waals surface area contributed by atoms with Crippen molar-refractivity contribution < 1.29 is 5.11 Å². The number of aromatic amines is 1. The lowest BCUT2D eigenvalue weighted by Gasteiger charge is -2.01. The molecule has 0 aliphatic rings. The maximum atomic E-state index is 11.0. The second-order valence-corrected chi connectivity index (χ2v) is 3.79. The second kappa shape index (κ2) is 4.37. The number of aromatic nitrogens is 2. The van der Waals surface area contributed by atoms with Gasteiger partial charge in [0.25, 0.3) is 5.56 Å². The molecular weight excluding hydrogens is 228 g/mol. The highest BCUT2D eigenvalue weighted by Gasteiger charge is 2.02. The lowest BCUT2D eigenvalue weighted by atomic mass is 10.1. The molecule has 1 aromatic heterocycles. The first-order valence-corrected chi connectivity index (χ1v) is 5.05. The fourth-order valence-electron chi connectivity index (χ4n) is 1.39. The van der Waals surface area contributed by atoms with Crippen LogP contribution in [-0.4, -0.2) is 15.3 Å². The Morgan fingerprint density at radius 2 is 2.19 bits per heavy atom. The standard InChI is InChI=1S/C11H9ClN2O2/c12-10-6-8(13-14-11(10)16)4-7-2-1-3-9(15)5-7/h1-3,5-6,15H,4H2,(H,14,16).